The summed E-state index contributed by atoms with van der Waals surface area (Å²) in [6, 6.07) is 12.0. The highest BCUT2D eigenvalue weighted by Gasteiger charge is 2.24. The largest absolute Gasteiger partial charge is 0.335 e. The van der Waals surface area contributed by atoms with E-state index in [4.69, 9.17) is 6.42 Å². The highest BCUT2D eigenvalue weighted by molar-refractivity contribution is 9.10. The third kappa shape index (κ3) is 3.89. The molecule has 0 atom stereocenters. The molecule has 4 nitrogen and oxygen atoms in total. The van der Waals surface area contributed by atoms with Gasteiger partial charge in [0.1, 0.15) is 0 Å². The van der Waals surface area contributed by atoms with E-state index in [1.54, 1.807) is 0 Å². The molecule has 1 amide bonds. The minimum Gasteiger partial charge on any atom is -0.335 e. The summed E-state index contributed by atoms with van der Waals surface area (Å²) in [5, 5.41) is 4.50. The van der Waals surface area contributed by atoms with Gasteiger partial charge in [0.15, 0.2) is 5.17 Å². The Bertz CT molecular complexity index is 1220. The van der Waals surface area contributed by atoms with Crippen molar-refractivity contribution in [1.82, 2.24) is 9.88 Å². The van der Waals surface area contributed by atoms with Gasteiger partial charge < -0.3 is 9.88 Å². The molecule has 1 aromatic heterocycles. The minimum absolute atomic E-state index is 0.145. The average molecular weight is 464 g/mol. The molecule has 1 N–H and O–H groups in total. The normalized spacial score (nSPS) is 16.6. The molecule has 0 saturated carbocycles. The van der Waals surface area contributed by atoms with E-state index >= 15 is 0 Å². The van der Waals surface area contributed by atoms with Crippen molar-refractivity contribution in [1.29, 1.82) is 0 Å². The van der Waals surface area contributed by atoms with Gasteiger partial charge in [-0.2, -0.15) is 0 Å². The lowest BCUT2D eigenvalue weighted by Gasteiger charge is -2.04. The fourth-order valence-electron chi connectivity index (χ4n) is 3.35. The second-order valence-corrected chi connectivity index (χ2v) is 8.63. The Hall–Kier alpha value is -2.75. The van der Waals surface area contributed by atoms with E-state index in [-0.39, 0.29) is 5.91 Å². The molecule has 0 radical (unpaired) electrons. The zero-order valence-electron chi connectivity index (χ0n) is 16.0. The summed E-state index contributed by atoms with van der Waals surface area (Å²) in [7, 11) is 0. The van der Waals surface area contributed by atoms with Crippen LogP contribution in [-0.4, -0.2) is 15.6 Å². The number of amides is 1. The van der Waals surface area contributed by atoms with Crippen molar-refractivity contribution in [2.45, 2.75) is 20.4 Å². The lowest BCUT2D eigenvalue weighted by molar-refractivity contribution is -0.115. The van der Waals surface area contributed by atoms with E-state index in [9.17, 15) is 4.79 Å². The first kappa shape index (κ1) is 19.6. The molecule has 1 aliphatic heterocycles. The fourth-order valence-corrected chi connectivity index (χ4v) is 4.41. The van der Waals surface area contributed by atoms with Crippen molar-refractivity contribution in [3.05, 3.63) is 68.7 Å². The summed E-state index contributed by atoms with van der Waals surface area (Å²) in [6.45, 7) is 4.54. The summed E-state index contributed by atoms with van der Waals surface area (Å²) in [5.74, 6) is 2.53. The number of thioether (sulfide) groups is 1. The summed E-state index contributed by atoms with van der Waals surface area (Å²) in [5.41, 5.74) is 5.05. The summed E-state index contributed by atoms with van der Waals surface area (Å²) in [4.78, 5) is 17.7. The van der Waals surface area contributed by atoms with Crippen LogP contribution in [0.5, 0.6) is 0 Å². The Labute approximate surface area is 182 Å². The predicted octanol–water partition coefficient (Wildman–Crippen LogP) is 5.55. The highest BCUT2D eigenvalue weighted by Crippen LogP contribution is 2.32. The van der Waals surface area contributed by atoms with E-state index in [1.165, 1.54) is 11.8 Å². The fraction of sp³-hybridized carbons (Fsp3) is 0.130. The number of aromatic nitrogens is 1. The number of hydrogen-bond donors (Lipinski definition) is 1. The smallest absolute Gasteiger partial charge is 0.264 e. The molecule has 144 valence electrons. The molecule has 3 aromatic rings. The second-order valence-electron chi connectivity index (χ2n) is 6.81. The molecule has 0 spiro atoms. The first-order valence-electron chi connectivity index (χ1n) is 9.04. The minimum atomic E-state index is -0.145. The Balaban J connectivity index is 1.68. The molecule has 1 saturated heterocycles. The van der Waals surface area contributed by atoms with Crippen molar-refractivity contribution in [2.24, 2.45) is 4.99 Å². The number of fused-ring (bicyclic) bond motifs is 1. The van der Waals surface area contributed by atoms with E-state index in [2.05, 4.69) is 32.2 Å². The first-order valence-corrected chi connectivity index (χ1v) is 10.6. The number of nitrogens with one attached hydrogen (secondary N) is 1. The Morgan fingerprint density at radius 2 is 2.00 bits per heavy atom. The van der Waals surface area contributed by atoms with Gasteiger partial charge in [-0.1, -0.05) is 40.0 Å². The monoisotopic (exact) mass is 463 g/mol. The number of aryl methyl sites for hydroxylation is 2. The number of aliphatic imine (C=N–C) groups is 1. The van der Waals surface area contributed by atoms with Crippen LogP contribution in [-0.2, 0) is 11.3 Å². The standard InChI is InChI=1S/C23H18BrN3OS/c1-4-9-27-13-16(18-7-5-6-8-19(18)27)12-20-22(28)26-23(29-20)25-17-10-14(2)21(24)15(3)11-17/h1,5-8,10-13H,9H2,2-3H3,(H,25,26,28)/b20-12-. The van der Waals surface area contributed by atoms with Gasteiger partial charge in [-0.15, -0.1) is 6.42 Å². The molecule has 0 bridgehead atoms. The van der Waals surface area contributed by atoms with Crippen LogP contribution < -0.4 is 5.32 Å². The Kier molecular flexibility index (Phi) is 5.35. The number of nitrogens with zero attached hydrogens (tertiary/aromatic N) is 2. The summed E-state index contributed by atoms with van der Waals surface area (Å²) < 4.78 is 3.09. The van der Waals surface area contributed by atoms with Gasteiger partial charge in [0.05, 0.1) is 17.1 Å². The molecular formula is C23H18BrN3OS. The maximum Gasteiger partial charge on any atom is 0.264 e. The first-order chi connectivity index (χ1) is 14.0. The third-order valence-corrected chi connectivity index (χ3v) is 6.83. The molecule has 0 aliphatic carbocycles. The molecule has 1 aliphatic rings. The molecule has 0 unspecified atom stereocenters. The molecule has 4 rings (SSSR count). The quantitative estimate of drug-likeness (QED) is 0.409. The number of hydrogen-bond acceptors (Lipinski definition) is 3. The number of para-hydroxylation sites is 1. The van der Waals surface area contributed by atoms with Crippen LogP contribution in [0.3, 0.4) is 0 Å². The van der Waals surface area contributed by atoms with E-state index < -0.39 is 0 Å². The number of terminal acetylenes is 1. The molecule has 6 heteroatoms. The Morgan fingerprint density at radius 1 is 1.28 bits per heavy atom. The maximum atomic E-state index is 12.5. The number of halogens is 1. The number of carbonyl (C=O) groups excluding carboxylic acids is 1. The van der Waals surface area contributed by atoms with E-state index in [1.807, 2.05) is 67.1 Å². The second kappa shape index (κ2) is 7.94. The van der Waals surface area contributed by atoms with Crippen LogP contribution >= 0.6 is 27.7 Å². The van der Waals surface area contributed by atoms with Gasteiger partial charge in [-0.3, -0.25) is 4.79 Å². The predicted molar refractivity (Wildman–Crippen MR) is 125 cm³/mol. The van der Waals surface area contributed by atoms with Crippen molar-refractivity contribution in [3.63, 3.8) is 0 Å². The van der Waals surface area contributed by atoms with Crippen LogP contribution in [0.25, 0.3) is 17.0 Å². The highest BCUT2D eigenvalue weighted by atomic mass is 79.9. The van der Waals surface area contributed by atoms with Crippen molar-refractivity contribution < 1.29 is 4.79 Å². The van der Waals surface area contributed by atoms with Gasteiger partial charge in [0.2, 0.25) is 0 Å². The van der Waals surface area contributed by atoms with Crippen molar-refractivity contribution in [3.8, 4) is 12.3 Å². The van der Waals surface area contributed by atoms with Crippen LogP contribution in [0.1, 0.15) is 16.7 Å². The number of rotatable bonds is 3. The molecule has 2 heterocycles. The van der Waals surface area contributed by atoms with E-state index in [0.717, 1.165) is 37.8 Å². The van der Waals surface area contributed by atoms with Crippen molar-refractivity contribution >= 4 is 61.4 Å². The molecule has 29 heavy (non-hydrogen) atoms. The van der Waals surface area contributed by atoms with Crippen LogP contribution in [0.4, 0.5) is 5.69 Å². The summed E-state index contributed by atoms with van der Waals surface area (Å²) >= 11 is 4.91. The zero-order chi connectivity index (χ0) is 20.5. The van der Waals surface area contributed by atoms with Crippen LogP contribution in [0.15, 0.2) is 57.0 Å². The van der Waals surface area contributed by atoms with Gasteiger partial charge in [-0.05, 0) is 61.0 Å². The SMILES string of the molecule is C#CCn1cc(/C=C2\SC(=Nc3cc(C)c(Br)c(C)c3)NC2=O)c2ccccc21. The van der Waals surface area contributed by atoms with E-state index in [0.29, 0.717) is 16.6 Å². The third-order valence-electron chi connectivity index (χ3n) is 4.67. The van der Waals surface area contributed by atoms with Crippen molar-refractivity contribution in [2.75, 3.05) is 0 Å². The number of benzene rings is 2. The topological polar surface area (TPSA) is 46.4 Å². The average Bonchev–Trinajstić information content (AvgIpc) is 3.21. The number of amidine groups is 1. The maximum absolute atomic E-state index is 12.5. The molecule has 1 fully saturated rings. The van der Waals surface area contributed by atoms with Crippen LogP contribution in [0.2, 0.25) is 0 Å². The molecule has 2 aromatic carbocycles. The lowest BCUT2D eigenvalue weighted by atomic mass is 10.1. The van der Waals surface area contributed by atoms with Gasteiger partial charge in [0, 0.05) is 27.1 Å². The molecular weight excluding hydrogens is 446 g/mol. The Morgan fingerprint density at radius 3 is 2.72 bits per heavy atom. The van der Waals surface area contributed by atoms with Crippen LogP contribution in [0, 0.1) is 26.2 Å². The summed E-state index contributed by atoms with van der Waals surface area (Å²) in [6.07, 6.45) is 9.38. The zero-order valence-corrected chi connectivity index (χ0v) is 18.4. The van der Waals surface area contributed by atoms with Gasteiger partial charge >= 0.3 is 0 Å². The van der Waals surface area contributed by atoms with Gasteiger partial charge in [0.25, 0.3) is 5.91 Å². The van der Waals surface area contributed by atoms with Gasteiger partial charge in [-0.25, -0.2) is 4.99 Å². The number of carbonyl (C=O) groups is 1. The lowest BCUT2D eigenvalue weighted by Crippen LogP contribution is -2.19.